The standard InChI is InChI=1S/C10H13NO2/c1-8-3-4-10(2,9(12)13)5-6-11-7-8/h3-8H,1-2H3,(H,12,13)/b4-3-,6-5-,11-7?. The molecule has 3 heteroatoms. The molecule has 0 aliphatic carbocycles. The van der Waals surface area contributed by atoms with E-state index in [9.17, 15) is 4.79 Å². The summed E-state index contributed by atoms with van der Waals surface area (Å²) < 4.78 is 0. The van der Waals surface area contributed by atoms with E-state index in [1.165, 1.54) is 6.20 Å². The zero-order valence-electron chi connectivity index (χ0n) is 7.77. The lowest BCUT2D eigenvalue weighted by Gasteiger charge is -2.16. The van der Waals surface area contributed by atoms with Crippen molar-refractivity contribution >= 4 is 12.2 Å². The van der Waals surface area contributed by atoms with Gasteiger partial charge in [0.15, 0.2) is 0 Å². The summed E-state index contributed by atoms with van der Waals surface area (Å²) >= 11 is 0. The third-order valence-corrected chi connectivity index (χ3v) is 2.03. The molecule has 0 saturated carbocycles. The molecule has 1 rings (SSSR count). The van der Waals surface area contributed by atoms with Crippen molar-refractivity contribution in [3.63, 3.8) is 0 Å². The lowest BCUT2D eigenvalue weighted by atomic mass is 9.89. The number of nitrogens with zero attached hydrogens (tertiary/aromatic N) is 1. The third-order valence-electron chi connectivity index (χ3n) is 2.03. The Morgan fingerprint density at radius 1 is 1.54 bits per heavy atom. The monoisotopic (exact) mass is 179 g/mol. The van der Waals surface area contributed by atoms with Crippen LogP contribution in [0.3, 0.4) is 0 Å². The van der Waals surface area contributed by atoms with E-state index in [1.807, 2.05) is 13.0 Å². The van der Waals surface area contributed by atoms with Gasteiger partial charge in [0.1, 0.15) is 5.41 Å². The van der Waals surface area contributed by atoms with Gasteiger partial charge in [-0.1, -0.05) is 19.1 Å². The Hall–Kier alpha value is -1.38. The zero-order chi connectivity index (χ0) is 9.90. The number of carbonyl (C=O) groups is 1. The summed E-state index contributed by atoms with van der Waals surface area (Å²) in [7, 11) is 0. The van der Waals surface area contributed by atoms with Crippen molar-refractivity contribution in [2.24, 2.45) is 16.3 Å². The zero-order valence-corrected chi connectivity index (χ0v) is 7.77. The van der Waals surface area contributed by atoms with Crippen LogP contribution in [0.15, 0.2) is 29.4 Å². The van der Waals surface area contributed by atoms with E-state index in [0.717, 1.165) is 0 Å². The van der Waals surface area contributed by atoms with Crippen LogP contribution in [0.5, 0.6) is 0 Å². The molecule has 1 aliphatic rings. The first kappa shape index (κ1) is 9.71. The fourth-order valence-corrected chi connectivity index (χ4v) is 0.983. The Bertz CT molecular complexity index is 291. The van der Waals surface area contributed by atoms with Crippen LogP contribution in [0, 0.1) is 11.3 Å². The maximum Gasteiger partial charge on any atom is 0.317 e. The number of aliphatic carboxylic acids is 1. The van der Waals surface area contributed by atoms with Crippen molar-refractivity contribution in [1.82, 2.24) is 0 Å². The Kier molecular flexibility index (Phi) is 2.66. The van der Waals surface area contributed by atoms with Crippen molar-refractivity contribution in [2.45, 2.75) is 13.8 Å². The van der Waals surface area contributed by atoms with Crippen LogP contribution in [-0.4, -0.2) is 17.3 Å². The van der Waals surface area contributed by atoms with Crippen LogP contribution in [0.1, 0.15) is 13.8 Å². The molecule has 0 radical (unpaired) electrons. The summed E-state index contributed by atoms with van der Waals surface area (Å²) in [4.78, 5) is 14.9. The first-order valence-corrected chi connectivity index (χ1v) is 4.18. The number of aliphatic imine (C=N–C) groups is 1. The van der Waals surface area contributed by atoms with Crippen molar-refractivity contribution in [3.05, 3.63) is 24.4 Å². The molecule has 2 unspecified atom stereocenters. The lowest BCUT2D eigenvalue weighted by molar-refractivity contribution is -0.142. The lowest BCUT2D eigenvalue weighted by Crippen LogP contribution is -2.23. The Morgan fingerprint density at radius 3 is 2.85 bits per heavy atom. The molecule has 0 amide bonds. The molecule has 0 aromatic carbocycles. The van der Waals surface area contributed by atoms with Crippen molar-refractivity contribution < 1.29 is 9.90 Å². The molecular formula is C10H13NO2. The SMILES string of the molecule is CC1C=N/C=C\C(C)(C(=O)O)/C=C\1. The molecule has 0 spiro atoms. The minimum Gasteiger partial charge on any atom is -0.480 e. The second-order valence-corrected chi connectivity index (χ2v) is 3.42. The average molecular weight is 179 g/mol. The summed E-state index contributed by atoms with van der Waals surface area (Å²) in [5.41, 5.74) is -0.925. The fraction of sp³-hybridized carbons (Fsp3) is 0.400. The van der Waals surface area contributed by atoms with Gasteiger partial charge >= 0.3 is 5.97 Å². The highest BCUT2D eigenvalue weighted by molar-refractivity contribution is 5.79. The maximum absolute atomic E-state index is 10.9. The highest BCUT2D eigenvalue weighted by Gasteiger charge is 2.27. The number of rotatable bonds is 1. The molecule has 13 heavy (non-hydrogen) atoms. The molecule has 2 atom stereocenters. The van der Waals surface area contributed by atoms with Crippen LogP contribution in [0.25, 0.3) is 0 Å². The minimum atomic E-state index is -0.925. The summed E-state index contributed by atoms with van der Waals surface area (Å²) in [6.45, 7) is 3.61. The number of hydrogen-bond donors (Lipinski definition) is 1. The van der Waals surface area contributed by atoms with E-state index in [0.29, 0.717) is 0 Å². The van der Waals surface area contributed by atoms with Gasteiger partial charge in [-0.15, -0.1) is 0 Å². The highest BCUT2D eigenvalue weighted by atomic mass is 16.4. The molecule has 1 N–H and O–H groups in total. The molecule has 1 aliphatic heterocycles. The normalized spacial score (nSPS) is 37.5. The van der Waals surface area contributed by atoms with E-state index in [4.69, 9.17) is 5.11 Å². The average Bonchev–Trinajstić information content (AvgIpc) is 2.06. The Balaban J connectivity index is 3.00. The van der Waals surface area contributed by atoms with Crippen molar-refractivity contribution in [2.75, 3.05) is 0 Å². The second-order valence-electron chi connectivity index (χ2n) is 3.42. The fourth-order valence-electron chi connectivity index (χ4n) is 0.983. The maximum atomic E-state index is 10.9. The van der Waals surface area contributed by atoms with Gasteiger partial charge in [-0.3, -0.25) is 9.79 Å². The number of hydrogen-bond acceptors (Lipinski definition) is 2. The first-order valence-electron chi connectivity index (χ1n) is 4.18. The predicted octanol–water partition coefficient (Wildman–Crippen LogP) is 1.87. The van der Waals surface area contributed by atoms with Gasteiger partial charge < -0.3 is 5.11 Å². The molecular weight excluding hydrogens is 166 g/mol. The first-order chi connectivity index (χ1) is 6.04. The number of carboxylic acids is 1. The van der Waals surface area contributed by atoms with E-state index in [1.54, 1.807) is 25.3 Å². The van der Waals surface area contributed by atoms with Crippen LogP contribution >= 0.6 is 0 Å². The topological polar surface area (TPSA) is 49.7 Å². The third kappa shape index (κ3) is 2.28. The van der Waals surface area contributed by atoms with Crippen LogP contribution < -0.4 is 0 Å². The quantitative estimate of drug-likeness (QED) is 0.624. The van der Waals surface area contributed by atoms with Gasteiger partial charge in [0, 0.05) is 18.3 Å². The predicted molar refractivity (Wildman–Crippen MR) is 51.7 cm³/mol. The number of allylic oxidation sites excluding steroid dienone is 1. The van der Waals surface area contributed by atoms with Gasteiger partial charge in [-0.2, -0.15) is 0 Å². The van der Waals surface area contributed by atoms with Gasteiger partial charge in [-0.05, 0) is 13.0 Å². The molecule has 0 aromatic heterocycles. The smallest absolute Gasteiger partial charge is 0.317 e. The number of carboxylic acid groups (broad SMARTS) is 1. The highest BCUT2D eigenvalue weighted by Crippen LogP contribution is 2.22. The molecule has 3 nitrogen and oxygen atoms in total. The van der Waals surface area contributed by atoms with Crippen molar-refractivity contribution in [3.8, 4) is 0 Å². The van der Waals surface area contributed by atoms with Gasteiger partial charge in [0.2, 0.25) is 0 Å². The summed E-state index contributed by atoms with van der Waals surface area (Å²) in [5.74, 6) is -0.673. The van der Waals surface area contributed by atoms with Crippen LogP contribution in [0.2, 0.25) is 0 Å². The van der Waals surface area contributed by atoms with Gasteiger partial charge in [0.25, 0.3) is 0 Å². The Labute approximate surface area is 77.5 Å². The van der Waals surface area contributed by atoms with Crippen molar-refractivity contribution in [1.29, 1.82) is 0 Å². The van der Waals surface area contributed by atoms with E-state index in [-0.39, 0.29) is 5.92 Å². The van der Waals surface area contributed by atoms with Crippen LogP contribution in [-0.2, 0) is 4.79 Å². The second kappa shape index (κ2) is 3.56. The summed E-state index contributed by atoms with van der Waals surface area (Å²) in [6, 6.07) is 0. The molecule has 0 fully saturated rings. The van der Waals surface area contributed by atoms with Crippen LogP contribution in [0.4, 0.5) is 0 Å². The summed E-state index contributed by atoms with van der Waals surface area (Å²) in [6.07, 6.45) is 8.43. The van der Waals surface area contributed by atoms with Gasteiger partial charge in [-0.25, -0.2) is 0 Å². The molecule has 0 bridgehead atoms. The van der Waals surface area contributed by atoms with Gasteiger partial charge in [0.05, 0.1) is 0 Å². The van der Waals surface area contributed by atoms with E-state index >= 15 is 0 Å². The molecule has 0 saturated heterocycles. The molecule has 1 heterocycles. The van der Waals surface area contributed by atoms with E-state index in [2.05, 4.69) is 4.99 Å². The summed E-state index contributed by atoms with van der Waals surface area (Å²) in [5, 5.41) is 8.95. The molecule has 70 valence electrons. The Morgan fingerprint density at radius 2 is 2.23 bits per heavy atom. The molecule has 0 aromatic rings. The minimum absolute atomic E-state index is 0.184. The van der Waals surface area contributed by atoms with E-state index < -0.39 is 11.4 Å². The largest absolute Gasteiger partial charge is 0.480 e.